The van der Waals surface area contributed by atoms with Crippen LogP contribution >= 0.6 is 22.6 Å². The molecular formula is C27H31IN4O4. The third-order valence-corrected chi connectivity index (χ3v) is 7.36. The number of nitrogens with zero attached hydrogens (tertiary/aromatic N) is 2. The van der Waals surface area contributed by atoms with Crippen molar-refractivity contribution < 1.29 is 19.4 Å². The molecule has 1 saturated heterocycles. The van der Waals surface area contributed by atoms with Gasteiger partial charge in [0.15, 0.2) is 0 Å². The Kier molecular flexibility index (Phi) is 8.17. The topological polar surface area (TPSA) is 108 Å². The summed E-state index contributed by atoms with van der Waals surface area (Å²) in [5, 5.41) is 11.6. The van der Waals surface area contributed by atoms with Gasteiger partial charge in [-0.05, 0) is 66.0 Å². The lowest BCUT2D eigenvalue weighted by atomic mass is 10.0. The van der Waals surface area contributed by atoms with Gasteiger partial charge < -0.3 is 25.0 Å². The van der Waals surface area contributed by atoms with Crippen LogP contribution in [-0.4, -0.2) is 44.6 Å². The van der Waals surface area contributed by atoms with Crippen LogP contribution < -0.4 is 10.1 Å². The number of carbonyl (C=O) groups excluding carboxylic acids is 1. The number of halogens is 1. The van der Waals surface area contributed by atoms with Gasteiger partial charge in [-0.2, -0.15) is 0 Å². The molecule has 1 aromatic heterocycles. The summed E-state index contributed by atoms with van der Waals surface area (Å²) in [6, 6.07) is 15.1. The summed E-state index contributed by atoms with van der Waals surface area (Å²) in [5.74, 6) is 1.11. The summed E-state index contributed by atoms with van der Waals surface area (Å²) in [7, 11) is 0. The molecule has 3 atom stereocenters. The first-order valence-electron chi connectivity index (χ1n) is 12.1. The van der Waals surface area contributed by atoms with Gasteiger partial charge in [-0.3, -0.25) is 4.79 Å². The van der Waals surface area contributed by atoms with E-state index >= 15 is 0 Å². The van der Waals surface area contributed by atoms with Crippen molar-refractivity contribution in [2.75, 3.05) is 6.54 Å². The average Bonchev–Trinajstić information content (AvgIpc) is 3.53. The van der Waals surface area contributed by atoms with Crippen LogP contribution in [0, 0.1) is 9.49 Å². The van der Waals surface area contributed by atoms with E-state index in [0.717, 1.165) is 39.0 Å². The van der Waals surface area contributed by atoms with Crippen molar-refractivity contribution in [3.05, 3.63) is 69.7 Å². The van der Waals surface area contributed by atoms with E-state index in [1.807, 2.05) is 69.3 Å². The van der Waals surface area contributed by atoms with Gasteiger partial charge in [0, 0.05) is 12.1 Å². The van der Waals surface area contributed by atoms with E-state index in [-0.39, 0.29) is 24.0 Å². The molecule has 3 N–H and O–H groups in total. The monoisotopic (exact) mass is 602 g/mol. The summed E-state index contributed by atoms with van der Waals surface area (Å²) in [6.07, 6.45) is 2.09. The third-order valence-electron chi connectivity index (χ3n) is 6.47. The average molecular weight is 602 g/mol. The molecule has 3 aromatic rings. The van der Waals surface area contributed by atoms with E-state index in [2.05, 4.69) is 37.9 Å². The highest BCUT2D eigenvalue weighted by Gasteiger charge is 2.37. The minimum Gasteiger partial charge on any atom is -0.485 e. The first-order chi connectivity index (χ1) is 17.2. The molecule has 4 rings (SSSR count). The fourth-order valence-electron chi connectivity index (χ4n) is 4.54. The lowest BCUT2D eigenvalue weighted by molar-refractivity contribution is -0.135. The Morgan fingerprint density at radius 2 is 1.94 bits per heavy atom. The molecule has 2 heterocycles. The van der Waals surface area contributed by atoms with E-state index in [1.165, 1.54) is 0 Å². The van der Waals surface area contributed by atoms with E-state index in [4.69, 9.17) is 4.74 Å². The maximum Gasteiger partial charge on any atom is 0.405 e. The highest BCUT2D eigenvalue weighted by atomic mass is 127. The van der Waals surface area contributed by atoms with Gasteiger partial charge in [0.25, 0.3) is 0 Å². The molecule has 8 nitrogen and oxygen atoms in total. The smallest absolute Gasteiger partial charge is 0.405 e. The molecular weight excluding hydrogens is 571 g/mol. The molecule has 0 spiro atoms. The maximum atomic E-state index is 13.2. The number of hydrogen-bond acceptors (Lipinski definition) is 4. The van der Waals surface area contributed by atoms with E-state index < -0.39 is 12.1 Å². The zero-order chi connectivity index (χ0) is 25.8. The number of H-pyrrole nitrogens is 1. The molecule has 0 saturated carbocycles. The summed E-state index contributed by atoms with van der Waals surface area (Å²) >= 11 is 2.27. The zero-order valence-electron chi connectivity index (χ0n) is 20.6. The predicted octanol–water partition coefficient (Wildman–Crippen LogP) is 5.78. The van der Waals surface area contributed by atoms with Gasteiger partial charge in [-0.1, -0.05) is 50.2 Å². The SMILES string of the molecule is CC(C)[C@H](NC(=O)O)C(=O)N1CCC[C@H]1c1ncc(-c2ccc(I)c(O[C@@H](C)c3ccccc3)c2)[nH]1. The maximum absolute atomic E-state index is 13.2. The molecule has 1 fully saturated rings. The molecule has 0 radical (unpaired) electrons. The predicted molar refractivity (Wildman–Crippen MR) is 146 cm³/mol. The van der Waals surface area contributed by atoms with E-state index in [9.17, 15) is 14.7 Å². The van der Waals surface area contributed by atoms with Crippen LogP contribution in [0.5, 0.6) is 5.75 Å². The number of nitrogens with one attached hydrogen (secondary N) is 2. The molecule has 1 aliphatic heterocycles. The number of likely N-dealkylation sites (tertiary alicyclic amines) is 1. The Balaban J connectivity index is 1.53. The lowest BCUT2D eigenvalue weighted by Crippen LogP contribution is -2.50. The highest BCUT2D eigenvalue weighted by molar-refractivity contribution is 14.1. The number of benzene rings is 2. The van der Waals surface area contributed by atoms with Gasteiger partial charge >= 0.3 is 6.09 Å². The van der Waals surface area contributed by atoms with Gasteiger partial charge in [-0.25, -0.2) is 9.78 Å². The normalized spacial score (nSPS) is 17.1. The van der Waals surface area contributed by atoms with Crippen molar-refractivity contribution in [2.24, 2.45) is 5.92 Å². The van der Waals surface area contributed by atoms with Crippen molar-refractivity contribution in [1.82, 2.24) is 20.2 Å². The van der Waals surface area contributed by atoms with Crippen LogP contribution in [0.15, 0.2) is 54.7 Å². The summed E-state index contributed by atoms with van der Waals surface area (Å²) in [5.41, 5.74) is 2.88. The largest absolute Gasteiger partial charge is 0.485 e. The zero-order valence-corrected chi connectivity index (χ0v) is 22.7. The fourth-order valence-corrected chi connectivity index (χ4v) is 5.00. The van der Waals surface area contributed by atoms with Crippen LogP contribution in [0.3, 0.4) is 0 Å². The second-order valence-corrected chi connectivity index (χ2v) is 10.5. The molecule has 36 heavy (non-hydrogen) atoms. The Hall–Kier alpha value is -3.08. The number of hydrogen-bond donors (Lipinski definition) is 3. The second kappa shape index (κ2) is 11.3. The number of carbonyl (C=O) groups is 2. The number of amides is 2. The Morgan fingerprint density at radius 3 is 2.64 bits per heavy atom. The van der Waals surface area contributed by atoms with Crippen LogP contribution in [0.25, 0.3) is 11.3 Å². The first-order valence-corrected chi connectivity index (χ1v) is 13.2. The summed E-state index contributed by atoms with van der Waals surface area (Å²) in [4.78, 5) is 34.2. The first kappa shape index (κ1) is 26.0. The second-order valence-electron chi connectivity index (χ2n) is 9.36. The lowest BCUT2D eigenvalue weighted by Gasteiger charge is -2.29. The van der Waals surface area contributed by atoms with Gasteiger partial charge in [-0.15, -0.1) is 0 Å². The minimum atomic E-state index is -1.20. The number of carboxylic acid groups (broad SMARTS) is 1. The molecule has 0 unspecified atom stereocenters. The number of ether oxygens (including phenoxy) is 1. The summed E-state index contributed by atoms with van der Waals surface area (Å²) in [6.45, 7) is 6.28. The molecule has 190 valence electrons. The van der Waals surface area contributed by atoms with Gasteiger partial charge in [0.2, 0.25) is 5.91 Å². The van der Waals surface area contributed by atoms with Gasteiger partial charge in [0.1, 0.15) is 23.7 Å². The molecule has 0 aliphatic carbocycles. The van der Waals surface area contributed by atoms with Gasteiger partial charge in [0.05, 0.1) is 21.5 Å². The fraction of sp³-hybridized carbons (Fsp3) is 0.370. The molecule has 2 amide bonds. The Bertz CT molecular complexity index is 1210. The summed E-state index contributed by atoms with van der Waals surface area (Å²) < 4.78 is 7.29. The van der Waals surface area contributed by atoms with Crippen molar-refractivity contribution in [3.8, 4) is 17.0 Å². The Morgan fingerprint density at radius 1 is 1.19 bits per heavy atom. The van der Waals surface area contributed by atoms with E-state index in [0.29, 0.717) is 12.4 Å². The standard InChI is InChI=1S/C27H31IN4O4/c1-16(2)24(31-27(34)35)26(33)32-13-7-10-22(32)25-29-15-21(30-25)19-11-12-20(28)23(14-19)36-17(3)18-8-5-4-6-9-18/h4-6,8-9,11-12,14-17,22,24,31H,7,10,13H2,1-3H3,(H,29,30)(H,34,35)/t17-,22-,24-/m0/s1. The molecule has 2 aromatic carbocycles. The number of imidazole rings is 1. The van der Waals surface area contributed by atoms with Crippen LogP contribution in [0.2, 0.25) is 0 Å². The quantitative estimate of drug-likeness (QED) is 0.284. The molecule has 0 bridgehead atoms. The minimum absolute atomic E-state index is 0.0985. The molecule has 1 aliphatic rings. The van der Waals surface area contributed by atoms with Crippen molar-refractivity contribution in [2.45, 2.75) is 51.8 Å². The van der Waals surface area contributed by atoms with Crippen molar-refractivity contribution in [3.63, 3.8) is 0 Å². The third kappa shape index (κ3) is 5.83. The highest BCUT2D eigenvalue weighted by Crippen LogP contribution is 2.34. The number of aromatic amines is 1. The van der Waals surface area contributed by atoms with E-state index in [1.54, 1.807) is 11.1 Å². The molecule has 9 heteroatoms. The Labute approximate surface area is 224 Å². The van der Waals surface area contributed by atoms with Crippen LogP contribution in [-0.2, 0) is 4.79 Å². The van der Waals surface area contributed by atoms with Crippen molar-refractivity contribution >= 4 is 34.6 Å². The van der Waals surface area contributed by atoms with Crippen LogP contribution in [0.4, 0.5) is 4.79 Å². The number of rotatable bonds is 8. The number of aromatic nitrogens is 2. The van der Waals surface area contributed by atoms with Crippen molar-refractivity contribution in [1.29, 1.82) is 0 Å². The van der Waals surface area contributed by atoms with Crippen LogP contribution in [0.1, 0.15) is 57.1 Å².